The first-order valence-corrected chi connectivity index (χ1v) is 17.0. The molecule has 248 valence electrons. The number of carbonyl (C=O) groups is 3. The van der Waals surface area contributed by atoms with Crippen LogP contribution in [0.1, 0.15) is 61.6 Å². The molecule has 3 aromatic rings. The van der Waals surface area contributed by atoms with E-state index in [0.717, 1.165) is 29.1 Å². The zero-order valence-electron chi connectivity index (χ0n) is 26.9. The Morgan fingerprint density at radius 1 is 0.935 bits per heavy atom. The molecular formula is C35H47N5O5S. The minimum Gasteiger partial charge on any atom is -0.444 e. The fourth-order valence-corrected chi connectivity index (χ4v) is 5.97. The molecule has 3 amide bonds. The highest BCUT2D eigenvalue weighted by atomic mass is 32.1. The average molecular weight is 650 g/mol. The van der Waals surface area contributed by atoms with Gasteiger partial charge in [-0.05, 0) is 42.7 Å². The van der Waals surface area contributed by atoms with Gasteiger partial charge in [-0.3, -0.25) is 19.5 Å². The fourth-order valence-electron chi connectivity index (χ4n) is 5.46. The standard InChI is InChI=1S/C35H47N5O5S/c1-26(2)21-33(41)38-32(15-16-40-17-19-44-20-18-40)34(42)37-29(22-27-9-5-3-6-10-27)13-14-31(28-11-7-4-8-12-28)39-35(43)45-24-30-23-36-25-46-30/h3-12,23,25-26,29,31-32H,13-22,24H2,1-2H3,(H,37,42)(H,38,41)(H,39,43)/t29-,31-,32+/m1/s1. The normalized spacial score (nSPS) is 15.5. The van der Waals surface area contributed by atoms with Gasteiger partial charge in [0.15, 0.2) is 0 Å². The summed E-state index contributed by atoms with van der Waals surface area (Å²) in [6, 6.07) is 18.6. The van der Waals surface area contributed by atoms with Crippen LogP contribution in [0.15, 0.2) is 72.4 Å². The van der Waals surface area contributed by atoms with Crippen LogP contribution < -0.4 is 16.0 Å². The van der Waals surface area contributed by atoms with E-state index in [1.165, 1.54) is 11.3 Å². The molecular weight excluding hydrogens is 602 g/mol. The van der Waals surface area contributed by atoms with Gasteiger partial charge in [0.2, 0.25) is 11.8 Å². The second-order valence-corrected chi connectivity index (χ2v) is 13.1. The first-order chi connectivity index (χ1) is 22.4. The minimum absolute atomic E-state index is 0.123. The van der Waals surface area contributed by atoms with Gasteiger partial charge < -0.3 is 25.4 Å². The molecule has 1 aliphatic heterocycles. The van der Waals surface area contributed by atoms with Gasteiger partial charge in [0.25, 0.3) is 0 Å². The minimum atomic E-state index is -0.655. The number of benzene rings is 2. The molecule has 11 heteroatoms. The van der Waals surface area contributed by atoms with Crippen molar-refractivity contribution in [3.05, 3.63) is 88.4 Å². The number of aromatic nitrogens is 1. The molecule has 2 heterocycles. The van der Waals surface area contributed by atoms with Gasteiger partial charge in [0.1, 0.15) is 12.6 Å². The number of carbonyl (C=O) groups excluding carboxylic acids is 3. The van der Waals surface area contributed by atoms with Crippen LogP contribution in [-0.4, -0.2) is 72.7 Å². The van der Waals surface area contributed by atoms with Gasteiger partial charge in [-0.25, -0.2) is 4.79 Å². The monoisotopic (exact) mass is 649 g/mol. The number of morpholine rings is 1. The lowest BCUT2D eigenvalue weighted by Gasteiger charge is -2.29. The largest absolute Gasteiger partial charge is 0.444 e. The van der Waals surface area contributed by atoms with Crippen LogP contribution in [0.5, 0.6) is 0 Å². The van der Waals surface area contributed by atoms with E-state index in [9.17, 15) is 14.4 Å². The number of hydrogen-bond donors (Lipinski definition) is 3. The number of amides is 3. The number of thiazole rings is 1. The number of alkyl carbamates (subject to hydrolysis) is 1. The van der Waals surface area contributed by atoms with Gasteiger partial charge in [-0.1, -0.05) is 74.5 Å². The summed E-state index contributed by atoms with van der Waals surface area (Å²) in [5, 5.41) is 9.31. The van der Waals surface area contributed by atoms with Crippen molar-refractivity contribution in [2.45, 2.75) is 70.7 Å². The number of hydrogen-bond acceptors (Lipinski definition) is 8. The lowest BCUT2D eigenvalue weighted by atomic mass is 9.95. The predicted octanol–water partition coefficient (Wildman–Crippen LogP) is 4.87. The molecule has 0 unspecified atom stereocenters. The maximum absolute atomic E-state index is 13.9. The molecule has 1 fully saturated rings. The van der Waals surface area contributed by atoms with Crippen molar-refractivity contribution in [2.24, 2.45) is 5.92 Å². The lowest BCUT2D eigenvalue weighted by Crippen LogP contribution is -2.52. The Labute approximate surface area is 276 Å². The fraction of sp³-hybridized carbons (Fsp3) is 0.486. The van der Waals surface area contributed by atoms with Crippen molar-refractivity contribution in [1.29, 1.82) is 0 Å². The van der Waals surface area contributed by atoms with E-state index in [2.05, 4.69) is 25.8 Å². The smallest absolute Gasteiger partial charge is 0.407 e. The summed E-state index contributed by atoms with van der Waals surface area (Å²) in [5.41, 5.74) is 3.74. The highest BCUT2D eigenvalue weighted by Crippen LogP contribution is 2.21. The molecule has 2 aromatic carbocycles. The average Bonchev–Trinajstić information content (AvgIpc) is 3.59. The van der Waals surface area contributed by atoms with E-state index in [4.69, 9.17) is 9.47 Å². The number of nitrogens with zero attached hydrogens (tertiary/aromatic N) is 2. The Bertz CT molecular complexity index is 1320. The van der Waals surface area contributed by atoms with Crippen molar-refractivity contribution in [2.75, 3.05) is 32.8 Å². The van der Waals surface area contributed by atoms with E-state index in [1.807, 2.05) is 74.5 Å². The number of nitrogens with one attached hydrogen (secondary N) is 3. The van der Waals surface area contributed by atoms with Crippen molar-refractivity contribution < 1.29 is 23.9 Å². The number of rotatable bonds is 17. The first-order valence-electron chi connectivity index (χ1n) is 16.1. The molecule has 0 radical (unpaired) electrons. The van der Waals surface area contributed by atoms with E-state index < -0.39 is 12.1 Å². The van der Waals surface area contributed by atoms with Crippen LogP contribution in [0.3, 0.4) is 0 Å². The summed E-state index contributed by atoms with van der Waals surface area (Å²) < 4.78 is 11.0. The molecule has 46 heavy (non-hydrogen) atoms. The zero-order chi connectivity index (χ0) is 32.6. The van der Waals surface area contributed by atoms with Crippen LogP contribution in [0.4, 0.5) is 4.79 Å². The summed E-state index contributed by atoms with van der Waals surface area (Å²) in [7, 11) is 0. The topological polar surface area (TPSA) is 122 Å². The third kappa shape index (κ3) is 12.5. The van der Waals surface area contributed by atoms with Crippen molar-refractivity contribution in [3.63, 3.8) is 0 Å². The van der Waals surface area contributed by atoms with Crippen molar-refractivity contribution in [3.8, 4) is 0 Å². The zero-order valence-corrected chi connectivity index (χ0v) is 27.7. The van der Waals surface area contributed by atoms with Crippen LogP contribution >= 0.6 is 11.3 Å². The highest BCUT2D eigenvalue weighted by molar-refractivity contribution is 7.09. The quantitative estimate of drug-likeness (QED) is 0.191. The SMILES string of the molecule is CC(C)CC(=O)N[C@@H](CCN1CCOCC1)C(=O)N[C@H](CC[C@@H](NC(=O)OCc1cncs1)c1ccccc1)Cc1ccccc1. The summed E-state index contributed by atoms with van der Waals surface area (Å²) >= 11 is 1.43. The van der Waals surface area contributed by atoms with Crippen molar-refractivity contribution >= 4 is 29.2 Å². The summed E-state index contributed by atoms with van der Waals surface area (Å²) in [4.78, 5) is 46.7. The molecule has 3 atom stereocenters. The van der Waals surface area contributed by atoms with Crippen LogP contribution in [0.2, 0.25) is 0 Å². The molecule has 10 nitrogen and oxygen atoms in total. The van der Waals surface area contributed by atoms with Crippen molar-refractivity contribution in [1.82, 2.24) is 25.8 Å². The Kier molecular flexibility index (Phi) is 14.5. The molecule has 1 saturated heterocycles. The van der Waals surface area contributed by atoms with Crippen LogP contribution in [-0.2, 0) is 32.1 Å². The molecule has 0 aliphatic carbocycles. The second kappa shape index (κ2) is 19.0. The predicted molar refractivity (Wildman–Crippen MR) is 179 cm³/mol. The Balaban J connectivity index is 1.45. The first kappa shape index (κ1) is 35.1. The maximum Gasteiger partial charge on any atom is 0.407 e. The van der Waals surface area contributed by atoms with E-state index in [1.54, 1.807) is 11.7 Å². The Morgan fingerprint density at radius 3 is 2.33 bits per heavy atom. The molecule has 0 bridgehead atoms. The Hall–Kier alpha value is -3.80. The molecule has 3 N–H and O–H groups in total. The van der Waals surface area contributed by atoms with Gasteiger partial charge in [0.05, 0.1) is 29.6 Å². The second-order valence-electron chi connectivity index (χ2n) is 12.1. The van der Waals surface area contributed by atoms with Gasteiger partial charge in [-0.15, -0.1) is 11.3 Å². The van der Waals surface area contributed by atoms with Crippen LogP contribution in [0, 0.1) is 5.92 Å². The van der Waals surface area contributed by atoms with Gasteiger partial charge >= 0.3 is 6.09 Å². The molecule has 1 aliphatic rings. The number of ether oxygens (including phenoxy) is 2. The van der Waals surface area contributed by atoms with E-state index in [-0.39, 0.29) is 36.4 Å². The van der Waals surface area contributed by atoms with Gasteiger partial charge in [0, 0.05) is 38.3 Å². The molecule has 4 rings (SSSR count). The third-order valence-corrected chi connectivity index (χ3v) is 8.63. The summed E-state index contributed by atoms with van der Waals surface area (Å²) in [6.07, 6.45) is 3.80. The van der Waals surface area contributed by atoms with Gasteiger partial charge in [-0.2, -0.15) is 0 Å². The highest BCUT2D eigenvalue weighted by Gasteiger charge is 2.26. The molecule has 0 saturated carbocycles. The summed E-state index contributed by atoms with van der Waals surface area (Å²) in [5.74, 6) is -0.133. The Morgan fingerprint density at radius 2 is 1.65 bits per heavy atom. The maximum atomic E-state index is 13.9. The molecule has 0 spiro atoms. The summed E-state index contributed by atoms with van der Waals surface area (Å²) in [6.45, 7) is 7.79. The van der Waals surface area contributed by atoms with E-state index in [0.29, 0.717) is 51.9 Å². The third-order valence-electron chi connectivity index (χ3n) is 7.88. The lowest BCUT2D eigenvalue weighted by molar-refractivity contribution is -0.130. The van der Waals surface area contributed by atoms with E-state index >= 15 is 0 Å². The van der Waals surface area contributed by atoms with Crippen LogP contribution in [0.25, 0.3) is 0 Å². The molecule has 1 aromatic heterocycles.